The number of hydrogen-bond donors (Lipinski definition) is 4. The molecule has 0 aliphatic carbocycles. The Morgan fingerprint density at radius 3 is 2.26 bits per heavy atom. The third-order valence-corrected chi connectivity index (χ3v) is 8.46. The van der Waals surface area contributed by atoms with Crippen molar-refractivity contribution in [2.24, 2.45) is 11.8 Å². The normalized spacial score (nSPS) is 29.5. The van der Waals surface area contributed by atoms with E-state index in [9.17, 15) is 28.8 Å². The first kappa shape index (κ1) is 32.7. The number of cyclic esters (lactones) is 1. The summed E-state index contributed by atoms with van der Waals surface area (Å²) < 4.78 is 5.68. The van der Waals surface area contributed by atoms with E-state index in [0.29, 0.717) is 12.2 Å². The Bertz CT molecular complexity index is 972. The Kier molecular flexibility index (Phi) is 12.8. The van der Waals surface area contributed by atoms with Crippen LogP contribution in [0.4, 0.5) is 0 Å². The van der Waals surface area contributed by atoms with Gasteiger partial charge in [0.1, 0.15) is 30.3 Å². The molecule has 0 radical (unpaired) electrons. The van der Waals surface area contributed by atoms with Gasteiger partial charge in [0.15, 0.2) is 5.12 Å². The number of thioether (sulfide) groups is 2. The predicted octanol–water partition coefficient (Wildman–Crippen LogP) is 0.914. The minimum Gasteiger partial charge on any atom is -0.456 e. The van der Waals surface area contributed by atoms with E-state index >= 15 is 0 Å². The number of hydrogen-bond acceptors (Lipinski definition) is 9. The summed E-state index contributed by atoms with van der Waals surface area (Å²) in [6, 6.07) is -3.78. The SMILES string of the molecule is CC(=O)SCC/C=C/[C@@H]1CC(=O)N[C@H](C(C)C)C(=O)N[C@@H]2CSC(C)C(NC2=O)C(=O)N[C@@H](C(C)C)C(=O)O1. The second-order valence-electron chi connectivity index (χ2n) is 10.3. The second kappa shape index (κ2) is 15.3. The van der Waals surface area contributed by atoms with Crippen LogP contribution in [0.1, 0.15) is 54.4 Å². The summed E-state index contributed by atoms with van der Waals surface area (Å²) >= 11 is 2.51. The molecule has 2 aliphatic rings. The van der Waals surface area contributed by atoms with Crippen LogP contribution in [0, 0.1) is 11.8 Å². The van der Waals surface area contributed by atoms with Gasteiger partial charge in [0.2, 0.25) is 23.6 Å². The van der Waals surface area contributed by atoms with Crippen LogP contribution in [0.25, 0.3) is 0 Å². The monoisotopic (exact) mass is 584 g/mol. The predicted molar refractivity (Wildman–Crippen MR) is 151 cm³/mol. The second-order valence-corrected chi connectivity index (χ2v) is 13.0. The highest BCUT2D eigenvalue weighted by Crippen LogP contribution is 2.21. The van der Waals surface area contributed by atoms with Crippen molar-refractivity contribution in [1.29, 1.82) is 0 Å². The molecule has 6 atom stereocenters. The topological polar surface area (TPSA) is 160 Å². The molecule has 2 bridgehead atoms. The summed E-state index contributed by atoms with van der Waals surface area (Å²) in [6.07, 6.45) is 2.61. The van der Waals surface area contributed by atoms with Crippen LogP contribution in [0.3, 0.4) is 0 Å². The molecule has 11 nitrogen and oxygen atoms in total. The van der Waals surface area contributed by atoms with Gasteiger partial charge in [-0.15, -0.1) is 0 Å². The Morgan fingerprint density at radius 1 is 0.974 bits per heavy atom. The average Bonchev–Trinajstić information content (AvgIpc) is 2.97. The van der Waals surface area contributed by atoms with E-state index in [0.717, 1.165) is 11.8 Å². The Labute approximate surface area is 238 Å². The van der Waals surface area contributed by atoms with Gasteiger partial charge in [-0.3, -0.25) is 24.0 Å². The fourth-order valence-electron chi connectivity index (χ4n) is 4.02. The maximum atomic E-state index is 13.2. The van der Waals surface area contributed by atoms with Gasteiger partial charge in [0.25, 0.3) is 0 Å². The number of amides is 4. The third-order valence-electron chi connectivity index (χ3n) is 6.29. The molecule has 0 aromatic rings. The lowest BCUT2D eigenvalue weighted by atomic mass is 10.0. The Morgan fingerprint density at radius 2 is 1.64 bits per heavy atom. The molecule has 2 saturated heterocycles. The standard InChI is InChI=1S/C26H40N4O7S2/c1-13(2)20-24(34)27-18-12-39-15(5)22(30-23(18)33)25(35)29-21(14(3)4)26(36)37-17(11-19(32)28-20)9-7-8-10-38-16(6)31/h7,9,13-15,17-18,20-22H,8,10-12H2,1-6H3,(H,27,34)(H,28,32)(H,29,35)(H,30,33)/b9-7+/t15?,17-,18-,20-,21+,22?/m1/s1. The van der Waals surface area contributed by atoms with Crippen molar-refractivity contribution in [2.75, 3.05) is 11.5 Å². The first-order valence-electron chi connectivity index (χ1n) is 13.1. The summed E-state index contributed by atoms with van der Waals surface area (Å²) in [5.74, 6) is -2.67. The van der Waals surface area contributed by atoms with E-state index in [4.69, 9.17) is 4.74 Å². The van der Waals surface area contributed by atoms with Crippen LogP contribution in [-0.4, -0.2) is 81.7 Å². The van der Waals surface area contributed by atoms with Crippen molar-refractivity contribution in [3.63, 3.8) is 0 Å². The van der Waals surface area contributed by atoms with E-state index < -0.39 is 59.9 Å². The number of esters is 1. The van der Waals surface area contributed by atoms with Gasteiger partial charge in [-0.25, -0.2) is 4.79 Å². The fourth-order valence-corrected chi connectivity index (χ4v) is 5.68. The van der Waals surface area contributed by atoms with Gasteiger partial charge in [-0.05, 0) is 24.3 Å². The minimum absolute atomic E-state index is 0.0131. The quantitative estimate of drug-likeness (QED) is 0.202. The number of carbonyl (C=O) groups excluding carboxylic acids is 6. The van der Waals surface area contributed by atoms with E-state index in [1.807, 2.05) is 0 Å². The molecule has 2 aliphatic heterocycles. The summed E-state index contributed by atoms with van der Waals surface area (Å²) in [5.41, 5.74) is 0. The van der Waals surface area contributed by atoms with E-state index in [2.05, 4.69) is 21.3 Å². The van der Waals surface area contributed by atoms with Crippen LogP contribution in [0.15, 0.2) is 12.2 Å². The van der Waals surface area contributed by atoms with Crippen molar-refractivity contribution >= 4 is 58.2 Å². The molecule has 2 rings (SSSR count). The van der Waals surface area contributed by atoms with Crippen molar-refractivity contribution in [3.05, 3.63) is 12.2 Å². The largest absolute Gasteiger partial charge is 0.456 e. The van der Waals surface area contributed by atoms with Gasteiger partial charge in [-0.1, -0.05) is 52.5 Å². The number of carbonyl (C=O) groups is 6. The fraction of sp³-hybridized carbons (Fsp3) is 0.692. The van der Waals surface area contributed by atoms with Crippen molar-refractivity contribution in [2.45, 2.75) is 89.9 Å². The number of allylic oxidation sites excluding steroid dienone is 1. The highest BCUT2D eigenvalue weighted by Gasteiger charge is 2.39. The summed E-state index contributed by atoms with van der Waals surface area (Å²) in [6.45, 7) is 10.3. The summed E-state index contributed by atoms with van der Waals surface area (Å²) in [5, 5.41) is 10.5. The van der Waals surface area contributed by atoms with Crippen LogP contribution < -0.4 is 21.3 Å². The van der Waals surface area contributed by atoms with E-state index in [1.165, 1.54) is 18.7 Å². The van der Waals surface area contributed by atoms with Crippen molar-refractivity contribution < 1.29 is 33.5 Å². The lowest BCUT2D eigenvalue weighted by molar-refractivity contribution is -0.153. The van der Waals surface area contributed by atoms with Gasteiger partial charge in [0.05, 0.1) is 6.42 Å². The number of fused-ring (bicyclic) bond motifs is 3. The smallest absolute Gasteiger partial charge is 0.329 e. The molecule has 4 amide bonds. The molecule has 39 heavy (non-hydrogen) atoms. The molecule has 0 saturated carbocycles. The maximum absolute atomic E-state index is 13.2. The van der Waals surface area contributed by atoms with Crippen LogP contribution in [-0.2, 0) is 33.5 Å². The molecule has 0 aromatic heterocycles. The molecule has 2 fully saturated rings. The van der Waals surface area contributed by atoms with Crippen LogP contribution in [0.5, 0.6) is 0 Å². The van der Waals surface area contributed by atoms with Gasteiger partial charge in [-0.2, -0.15) is 11.8 Å². The van der Waals surface area contributed by atoms with E-state index in [1.54, 1.807) is 46.8 Å². The maximum Gasteiger partial charge on any atom is 0.329 e. The van der Waals surface area contributed by atoms with Crippen molar-refractivity contribution in [1.82, 2.24) is 21.3 Å². The summed E-state index contributed by atoms with van der Waals surface area (Å²) in [4.78, 5) is 76.7. The van der Waals surface area contributed by atoms with Gasteiger partial charge >= 0.3 is 5.97 Å². The molecule has 4 N–H and O–H groups in total. The molecular weight excluding hydrogens is 544 g/mol. The Balaban J connectivity index is 2.40. The number of ether oxygens (including phenoxy) is 1. The minimum atomic E-state index is -1.02. The van der Waals surface area contributed by atoms with Gasteiger partial charge < -0.3 is 26.0 Å². The zero-order valence-corrected chi connectivity index (χ0v) is 24.9. The number of nitrogens with one attached hydrogen (secondary N) is 4. The van der Waals surface area contributed by atoms with Crippen molar-refractivity contribution in [3.8, 4) is 0 Å². The highest BCUT2D eigenvalue weighted by atomic mass is 32.2. The zero-order valence-electron chi connectivity index (χ0n) is 23.3. The number of rotatable bonds is 6. The third kappa shape index (κ3) is 10.2. The lowest BCUT2D eigenvalue weighted by Crippen LogP contribution is -2.59. The highest BCUT2D eigenvalue weighted by molar-refractivity contribution is 8.13. The molecular formula is C26H40N4O7S2. The zero-order chi connectivity index (χ0) is 29.3. The first-order valence-corrected chi connectivity index (χ1v) is 15.2. The molecule has 13 heteroatoms. The molecule has 218 valence electrons. The molecule has 0 spiro atoms. The molecule has 2 unspecified atom stereocenters. The summed E-state index contributed by atoms with van der Waals surface area (Å²) in [7, 11) is 0. The van der Waals surface area contributed by atoms with Crippen LogP contribution in [0.2, 0.25) is 0 Å². The first-order chi connectivity index (χ1) is 18.3. The molecule has 0 aromatic carbocycles. The molecule has 2 heterocycles. The van der Waals surface area contributed by atoms with Crippen LogP contribution >= 0.6 is 23.5 Å². The Hall–Kier alpha value is -2.54. The average molecular weight is 585 g/mol. The van der Waals surface area contributed by atoms with E-state index in [-0.39, 0.29) is 34.4 Å². The van der Waals surface area contributed by atoms with Gasteiger partial charge in [0, 0.05) is 23.7 Å². The lowest BCUT2D eigenvalue weighted by Gasteiger charge is -2.28.